The highest BCUT2D eigenvalue weighted by molar-refractivity contribution is 5.96. The Kier molecular flexibility index (Phi) is 8.34. The van der Waals surface area contributed by atoms with Crippen LogP contribution in [0.3, 0.4) is 0 Å². The molecule has 4 rings (SSSR count). The summed E-state index contributed by atoms with van der Waals surface area (Å²) in [7, 11) is 0. The minimum Gasteiger partial charge on any atom is -0.354 e. The molecule has 0 aromatic heterocycles. The first-order valence-corrected chi connectivity index (χ1v) is 13.6. The molecule has 1 aliphatic carbocycles. The van der Waals surface area contributed by atoms with Gasteiger partial charge in [0.15, 0.2) is 0 Å². The number of amides is 3. The summed E-state index contributed by atoms with van der Waals surface area (Å²) in [5.41, 5.74) is 0.296. The first-order valence-electron chi connectivity index (χ1n) is 13.6. The predicted molar refractivity (Wildman–Crippen MR) is 138 cm³/mol. The lowest BCUT2D eigenvalue weighted by Gasteiger charge is -2.43. The van der Waals surface area contributed by atoms with Crippen molar-refractivity contribution in [3.05, 3.63) is 30.3 Å². The van der Waals surface area contributed by atoms with E-state index in [0.29, 0.717) is 57.4 Å². The number of piperidine rings is 1. The number of anilines is 1. The van der Waals surface area contributed by atoms with Gasteiger partial charge in [-0.1, -0.05) is 64.2 Å². The lowest BCUT2D eigenvalue weighted by Crippen LogP contribution is -2.57. The fraction of sp³-hybridized carbons (Fsp3) is 0.679. The number of hydrogen-bond acceptors (Lipinski definition) is 4. The highest BCUT2D eigenvalue weighted by Crippen LogP contribution is 2.39. The van der Waals surface area contributed by atoms with Crippen LogP contribution in [0.1, 0.15) is 71.6 Å². The van der Waals surface area contributed by atoms with Gasteiger partial charge >= 0.3 is 0 Å². The van der Waals surface area contributed by atoms with Crippen molar-refractivity contribution in [1.82, 2.24) is 15.1 Å². The lowest BCUT2D eigenvalue weighted by atomic mass is 9.85. The Balaban J connectivity index is 1.41. The monoisotopic (exact) mass is 482 g/mol. The molecule has 1 N–H and O–H groups in total. The molecule has 3 fully saturated rings. The molecule has 1 saturated carbocycles. The molecule has 1 spiro atoms. The van der Waals surface area contributed by atoms with Gasteiger partial charge in [-0.25, -0.2) is 0 Å². The Bertz CT molecular complexity index is 875. The fourth-order valence-corrected chi connectivity index (χ4v) is 5.89. The number of likely N-dealkylation sites (tertiary alicyclic amines) is 1. The maximum atomic E-state index is 13.8. The second kappa shape index (κ2) is 11.4. The standard InChI is InChI=1S/C28H42N4O3/c1-3-22(2)19-29-25(33)20-31-21-32(24-11-5-4-6-12-24)28(27(31)35)15-17-30(18-16-28)26(34)14-13-23-9-7-8-10-23/h4-6,11-12,22-23H,3,7-10,13-21H2,1-2H3,(H,29,33). The number of nitrogens with zero attached hydrogens (tertiary/aromatic N) is 3. The van der Waals surface area contributed by atoms with Crippen LogP contribution >= 0.6 is 0 Å². The van der Waals surface area contributed by atoms with Crippen LogP contribution in [-0.2, 0) is 14.4 Å². The molecule has 2 heterocycles. The van der Waals surface area contributed by atoms with E-state index in [2.05, 4.69) is 24.1 Å². The maximum Gasteiger partial charge on any atom is 0.250 e. The van der Waals surface area contributed by atoms with Crippen LogP contribution in [0.5, 0.6) is 0 Å². The minimum atomic E-state index is -0.694. The summed E-state index contributed by atoms with van der Waals surface area (Å²) in [6, 6.07) is 9.99. The third-order valence-corrected chi connectivity index (χ3v) is 8.45. The van der Waals surface area contributed by atoms with E-state index < -0.39 is 5.54 Å². The summed E-state index contributed by atoms with van der Waals surface area (Å²) in [6.07, 6.45) is 8.94. The highest BCUT2D eigenvalue weighted by atomic mass is 16.2. The molecule has 2 saturated heterocycles. The van der Waals surface area contributed by atoms with Crippen molar-refractivity contribution in [2.45, 2.75) is 77.2 Å². The zero-order valence-corrected chi connectivity index (χ0v) is 21.5. The molecule has 192 valence electrons. The molecular weight excluding hydrogens is 440 g/mol. The van der Waals surface area contributed by atoms with Crippen LogP contribution in [0.15, 0.2) is 30.3 Å². The third-order valence-electron chi connectivity index (χ3n) is 8.45. The van der Waals surface area contributed by atoms with Crippen molar-refractivity contribution < 1.29 is 14.4 Å². The largest absolute Gasteiger partial charge is 0.354 e. The molecule has 1 unspecified atom stereocenters. The van der Waals surface area contributed by atoms with Gasteiger partial charge in [-0.15, -0.1) is 0 Å². The second-order valence-electron chi connectivity index (χ2n) is 10.8. The van der Waals surface area contributed by atoms with Gasteiger partial charge in [0.2, 0.25) is 11.8 Å². The molecule has 3 aliphatic rings. The molecule has 1 aromatic carbocycles. The number of benzene rings is 1. The number of carbonyl (C=O) groups is 3. The molecule has 7 nitrogen and oxygen atoms in total. The summed E-state index contributed by atoms with van der Waals surface area (Å²) in [5.74, 6) is 1.25. The number of para-hydroxylation sites is 1. The lowest BCUT2D eigenvalue weighted by molar-refractivity contribution is -0.140. The van der Waals surface area contributed by atoms with Gasteiger partial charge in [0, 0.05) is 31.7 Å². The van der Waals surface area contributed by atoms with E-state index in [-0.39, 0.29) is 24.3 Å². The van der Waals surface area contributed by atoms with E-state index >= 15 is 0 Å². The fourth-order valence-electron chi connectivity index (χ4n) is 5.89. The van der Waals surface area contributed by atoms with Gasteiger partial charge in [-0.3, -0.25) is 14.4 Å². The molecule has 0 bridgehead atoms. The zero-order valence-electron chi connectivity index (χ0n) is 21.5. The Morgan fingerprint density at radius 1 is 1.11 bits per heavy atom. The van der Waals surface area contributed by atoms with E-state index in [9.17, 15) is 14.4 Å². The Labute approximate surface area is 210 Å². The summed E-state index contributed by atoms with van der Waals surface area (Å²) >= 11 is 0. The normalized spacial score (nSPS) is 21.1. The van der Waals surface area contributed by atoms with Crippen molar-refractivity contribution in [2.24, 2.45) is 11.8 Å². The average Bonchev–Trinajstić information content (AvgIpc) is 3.50. The van der Waals surface area contributed by atoms with E-state index in [1.807, 2.05) is 35.2 Å². The van der Waals surface area contributed by atoms with Crippen LogP contribution < -0.4 is 10.2 Å². The molecule has 35 heavy (non-hydrogen) atoms. The Morgan fingerprint density at radius 2 is 1.80 bits per heavy atom. The van der Waals surface area contributed by atoms with Crippen molar-refractivity contribution >= 4 is 23.4 Å². The van der Waals surface area contributed by atoms with E-state index in [4.69, 9.17) is 0 Å². The Morgan fingerprint density at radius 3 is 2.46 bits per heavy atom. The van der Waals surface area contributed by atoms with E-state index in [1.165, 1.54) is 25.7 Å². The SMILES string of the molecule is CCC(C)CNC(=O)CN1CN(c2ccccc2)C2(CCN(C(=O)CCC3CCCC3)CC2)C1=O. The van der Waals surface area contributed by atoms with Gasteiger partial charge in [0.1, 0.15) is 12.1 Å². The van der Waals surface area contributed by atoms with Crippen LogP contribution in [0.4, 0.5) is 5.69 Å². The van der Waals surface area contributed by atoms with Gasteiger partial charge in [0.25, 0.3) is 5.91 Å². The second-order valence-corrected chi connectivity index (χ2v) is 10.8. The molecule has 7 heteroatoms. The van der Waals surface area contributed by atoms with Gasteiger partial charge in [0.05, 0.1) is 6.67 Å². The predicted octanol–water partition coefficient (Wildman–Crippen LogP) is 3.79. The highest BCUT2D eigenvalue weighted by Gasteiger charge is 2.54. The van der Waals surface area contributed by atoms with Crippen LogP contribution in [0.2, 0.25) is 0 Å². The number of carbonyl (C=O) groups excluding carboxylic acids is 3. The van der Waals surface area contributed by atoms with Crippen molar-refractivity contribution in [1.29, 1.82) is 0 Å². The minimum absolute atomic E-state index is 0.0121. The zero-order chi connectivity index (χ0) is 24.8. The van der Waals surface area contributed by atoms with E-state index in [1.54, 1.807) is 4.90 Å². The first kappa shape index (κ1) is 25.5. The van der Waals surface area contributed by atoms with E-state index in [0.717, 1.165) is 18.5 Å². The van der Waals surface area contributed by atoms with Crippen LogP contribution in [0.25, 0.3) is 0 Å². The Hall–Kier alpha value is -2.57. The summed E-state index contributed by atoms with van der Waals surface area (Å²) in [4.78, 5) is 45.1. The smallest absolute Gasteiger partial charge is 0.250 e. The topological polar surface area (TPSA) is 73.0 Å². The molecule has 1 aromatic rings. The third kappa shape index (κ3) is 5.81. The van der Waals surface area contributed by atoms with Gasteiger partial charge < -0.3 is 20.0 Å². The van der Waals surface area contributed by atoms with Crippen LogP contribution in [-0.4, -0.2) is 65.9 Å². The first-order chi connectivity index (χ1) is 16.9. The average molecular weight is 483 g/mol. The van der Waals surface area contributed by atoms with Gasteiger partial charge in [-0.05, 0) is 43.2 Å². The summed E-state index contributed by atoms with van der Waals surface area (Å²) < 4.78 is 0. The van der Waals surface area contributed by atoms with Crippen molar-refractivity contribution in [2.75, 3.05) is 37.7 Å². The van der Waals surface area contributed by atoms with Crippen molar-refractivity contribution in [3.63, 3.8) is 0 Å². The van der Waals surface area contributed by atoms with Crippen LogP contribution in [0, 0.1) is 11.8 Å². The number of rotatable bonds is 9. The number of hydrogen-bond donors (Lipinski definition) is 1. The summed E-state index contributed by atoms with van der Waals surface area (Å²) in [6.45, 7) is 6.49. The molecule has 1 atom stereocenters. The molecule has 0 radical (unpaired) electrons. The maximum absolute atomic E-state index is 13.8. The van der Waals surface area contributed by atoms with Gasteiger partial charge in [-0.2, -0.15) is 0 Å². The molecular formula is C28H42N4O3. The quantitative estimate of drug-likeness (QED) is 0.581. The number of nitrogens with one attached hydrogen (secondary N) is 1. The molecule has 2 aliphatic heterocycles. The van der Waals surface area contributed by atoms with Crippen molar-refractivity contribution in [3.8, 4) is 0 Å². The summed E-state index contributed by atoms with van der Waals surface area (Å²) in [5, 5.41) is 2.98. The molecule has 3 amide bonds.